The molecule has 2 N–H and O–H groups in total. The molecule has 0 atom stereocenters. The minimum Gasteiger partial charge on any atom is -0.383 e. The molecule has 1 amide bonds. The van der Waals surface area contributed by atoms with Gasteiger partial charge < -0.3 is 15.4 Å². The largest absolute Gasteiger partial charge is 0.383 e. The van der Waals surface area contributed by atoms with Gasteiger partial charge in [0.25, 0.3) is 5.91 Å². The maximum absolute atomic E-state index is 13.4. The zero-order valence-corrected chi connectivity index (χ0v) is 12.2. The van der Waals surface area contributed by atoms with Crippen molar-refractivity contribution in [1.29, 1.82) is 0 Å². The molecule has 22 heavy (non-hydrogen) atoms. The molecule has 1 aromatic carbocycles. The van der Waals surface area contributed by atoms with Gasteiger partial charge in [0.15, 0.2) is 0 Å². The Morgan fingerprint density at radius 2 is 2.09 bits per heavy atom. The van der Waals surface area contributed by atoms with Crippen LogP contribution in [0.1, 0.15) is 16.1 Å². The van der Waals surface area contributed by atoms with E-state index in [1.165, 1.54) is 18.5 Å². The van der Waals surface area contributed by atoms with Gasteiger partial charge in [0.1, 0.15) is 17.3 Å². The number of rotatable bonds is 7. The summed E-state index contributed by atoms with van der Waals surface area (Å²) < 4.78 is 18.3. The summed E-state index contributed by atoms with van der Waals surface area (Å²) >= 11 is 0. The van der Waals surface area contributed by atoms with Crippen molar-refractivity contribution >= 4 is 11.7 Å². The molecule has 0 unspecified atom stereocenters. The second-order valence-corrected chi connectivity index (χ2v) is 4.48. The second kappa shape index (κ2) is 8.04. The minimum absolute atomic E-state index is 0.0982. The molecule has 0 aliphatic heterocycles. The van der Waals surface area contributed by atoms with E-state index in [2.05, 4.69) is 20.6 Å². The van der Waals surface area contributed by atoms with E-state index >= 15 is 0 Å². The number of carbonyl (C=O) groups excluding carboxylic acids is 1. The topological polar surface area (TPSA) is 76.1 Å². The first-order valence-corrected chi connectivity index (χ1v) is 6.77. The Hall–Kier alpha value is -2.54. The molecular weight excluding hydrogens is 287 g/mol. The van der Waals surface area contributed by atoms with E-state index in [1.54, 1.807) is 25.3 Å². The monoisotopic (exact) mass is 304 g/mol. The highest BCUT2D eigenvalue weighted by Gasteiger charge is 2.09. The first-order chi connectivity index (χ1) is 10.7. The standard InChI is InChI=1S/C15H17FN4O2/c1-22-7-6-17-14-10-18-13(9-19-14)15(21)20-8-11-4-2-3-5-12(11)16/h2-5,9-10H,6-8H2,1H3,(H,17,19)(H,20,21). The maximum atomic E-state index is 13.4. The van der Waals surface area contributed by atoms with E-state index in [0.717, 1.165) is 0 Å². The average Bonchev–Trinajstić information content (AvgIpc) is 2.55. The Labute approximate surface area is 127 Å². The molecule has 0 aliphatic carbocycles. The van der Waals surface area contributed by atoms with Crippen LogP contribution in [0.25, 0.3) is 0 Å². The SMILES string of the molecule is COCCNc1cnc(C(=O)NCc2ccccc2F)cn1. The molecule has 0 spiro atoms. The van der Waals surface area contributed by atoms with Gasteiger partial charge in [-0.1, -0.05) is 18.2 Å². The van der Waals surface area contributed by atoms with Crippen molar-refractivity contribution in [2.45, 2.75) is 6.54 Å². The Bertz CT molecular complexity index is 619. The summed E-state index contributed by atoms with van der Waals surface area (Å²) in [7, 11) is 1.61. The van der Waals surface area contributed by atoms with Crippen LogP contribution in [0.5, 0.6) is 0 Å². The van der Waals surface area contributed by atoms with Crippen LogP contribution >= 0.6 is 0 Å². The lowest BCUT2D eigenvalue weighted by molar-refractivity contribution is 0.0945. The number of nitrogens with zero attached hydrogens (tertiary/aromatic N) is 2. The molecule has 1 heterocycles. The minimum atomic E-state index is -0.404. The molecule has 116 valence electrons. The average molecular weight is 304 g/mol. The zero-order valence-electron chi connectivity index (χ0n) is 12.2. The van der Waals surface area contributed by atoms with Gasteiger partial charge in [-0.2, -0.15) is 0 Å². The van der Waals surface area contributed by atoms with E-state index in [1.807, 2.05) is 0 Å². The van der Waals surface area contributed by atoms with Gasteiger partial charge in [-0.05, 0) is 6.07 Å². The molecule has 6 nitrogen and oxygen atoms in total. The third-order valence-corrected chi connectivity index (χ3v) is 2.89. The Kier molecular flexibility index (Phi) is 5.79. The lowest BCUT2D eigenvalue weighted by atomic mass is 10.2. The fourth-order valence-corrected chi connectivity index (χ4v) is 1.73. The summed E-state index contributed by atoms with van der Waals surface area (Å²) in [6.45, 7) is 1.25. The van der Waals surface area contributed by atoms with Crippen LogP contribution in [0.15, 0.2) is 36.7 Å². The Morgan fingerprint density at radius 3 is 2.77 bits per heavy atom. The van der Waals surface area contributed by atoms with Crippen molar-refractivity contribution < 1.29 is 13.9 Å². The number of carbonyl (C=O) groups is 1. The molecule has 1 aromatic heterocycles. The number of nitrogens with one attached hydrogen (secondary N) is 2. The van der Waals surface area contributed by atoms with E-state index in [0.29, 0.717) is 24.5 Å². The van der Waals surface area contributed by atoms with Gasteiger partial charge in [-0.3, -0.25) is 4.79 Å². The number of aromatic nitrogens is 2. The maximum Gasteiger partial charge on any atom is 0.271 e. The van der Waals surface area contributed by atoms with Gasteiger partial charge in [0, 0.05) is 25.8 Å². The van der Waals surface area contributed by atoms with E-state index in [9.17, 15) is 9.18 Å². The van der Waals surface area contributed by atoms with Crippen LogP contribution in [0.4, 0.5) is 10.2 Å². The van der Waals surface area contributed by atoms with E-state index in [4.69, 9.17) is 4.74 Å². The molecule has 0 fully saturated rings. The van der Waals surface area contributed by atoms with Crippen molar-refractivity contribution in [3.05, 3.63) is 53.7 Å². The van der Waals surface area contributed by atoms with E-state index in [-0.39, 0.29) is 18.1 Å². The van der Waals surface area contributed by atoms with Crippen LogP contribution in [0.2, 0.25) is 0 Å². The molecule has 0 saturated carbocycles. The number of amides is 1. The van der Waals surface area contributed by atoms with Gasteiger partial charge in [-0.25, -0.2) is 14.4 Å². The normalized spacial score (nSPS) is 10.3. The summed E-state index contributed by atoms with van der Waals surface area (Å²) in [6.07, 6.45) is 2.83. The lowest BCUT2D eigenvalue weighted by Gasteiger charge is -2.07. The van der Waals surface area contributed by atoms with Gasteiger partial charge >= 0.3 is 0 Å². The third kappa shape index (κ3) is 4.49. The van der Waals surface area contributed by atoms with E-state index < -0.39 is 5.91 Å². The third-order valence-electron chi connectivity index (χ3n) is 2.89. The van der Waals surface area contributed by atoms with Crippen molar-refractivity contribution in [2.24, 2.45) is 0 Å². The quantitative estimate of drug-likeness (QED) is 0.760. The molecule has 2 rings (SSSR count). The van der Waals surface area contributed by atoms with Crippen LogP contribution in [0, 0.1) is 5.82 Å². The van der Waals surface area contributed by atoms with Crippen LogP contribution in [-0.2, 0) is 11.3 Å². The highest BCUT2D eigenvalue weighted by Crippen LogP contribution is 2.06. The fraction of sp³-hybridized carbons (Fsp3) is 0.267. The van der Waals surface area contributed by atoms with Crippen molar-refractivity contribution in [3.8, 4) is 0 Å². The molecule has 7 heteroatoms. The number of methoxy groups -OCH3 is 1. The van der Waals surface area contributed by atoms with Crippen molar-refractivity contribution in [1.82, 2.24) is 15.3 Å². The van der Waals surface area contributed by atoms with Crippen molar-refractivity contribution in [2.75, 3.05) is 25.6 Å². The number of benzene rings is 1. The molecule has 0 aliphatic rings. The molecule has 0 saturated heterocycles. The van der Waals surface area contributed by atoms with Crippen LogP contribution in [-0.4, -0.2) is 36.1 Å². The lowest BCUT2D eigenvalue weighted by Crippen LogP contribution is -2.24. The van der Waals surface area contributed by atoms with Gasteiger partial charge in [0.05, 0.1) is 19.0 Å². The summed E-state index contributed by atoms with van der Waals surface area (Å²) in [6, 6.07) is 6.28. The first kappa shape index (κ1) is 15.8. The zero-order chi connectivity index (χ0) is 15.8. The molecule has 0 bridgehead atoms. The first-order valence-electron chi connectivity index (χ1n) is 6.77. The fourth-order valence-electron chi connectivity index (χ4n) is 1.73. The number of halogens is 1. The predicted octanol–water partition coefficient (Wildman–Crippen LogP) is 1.60. The smallest absolute Gasteiger partial charge is 0.271 e. The number of hydrogen-bond acceptors (Lipinski definition) is 5. The summed E-state index contributed by atoms with van der Waals surface area (Å²) in [5.41, 5.74) is 0.593. The number of anilines is 1. The van der Waals surface area contributed by atoms with Gasteiger partial charge in [-0.15, -0.1) is 0 Å². The van der Waals surface area contributed by atoms with Crippen molar-refractivity contribution in [3.63, 3.8) is 0 Å². The molecular formula is C15H17FN4O2. The van der Waals surface area contributed by atoms with Crippen LogP contribution < -0.4 is 10.6 Å². The predicted molar refractivity (Wildman–Crippen MR) is 80.0 cm³/mol. The highest BCUT2D eigenvalue weighted by molar-refractivity contribution is 5.91. The highest BCUT2D eigenvalue weighted by atomic mass is 19.1. The molecule has 0 radical (unpaired) electrons. The Balaban J connectivity index is 1.88. The van der Waals surface area contributed by atoms with Gasteiger partial charge in [0.2, 0.25) is 0 Å². The van der Waals surface area contributed by atoms with Crippen LogP contribution in [0.3, 0.4) is 0 Å². The Morgan fingerprint density at radius 1 is 1.27 bits per heavy atom. The summed E-state index contributed by atoms with van der Waals surface area (Å²) in [5.74, 6) is -0.200. The second-order valence-electron chi connectivity index (χ2n) is 4.48. The number of ether oxygens (including phenoxy) is 1. The summed E-state index contributed by atoms with van der Waals surface area (Å²) in [5, 5.41) is 5.60. The number of hydrogen-bond donors (Lipinski definition) is 2. The molecule has 2 aromatic rings. The summed E-state index contributed by atoms with van der Waals surface area (Å²) in [4.78, 5) is 20.0.